The maximum Gasteiger partial charge on any atom is 0.346 e. The molecule has 0 atom stereocenters. The summed E-state index contributed by atoms with van der Waals surface area (Å²) < 4.78 is 5.57. The van der Waals surface area contributed by atoms with E-state index in [1.807, 2.05) is 55.6 Å². The van der Waals surface area contributed by atoms with Crippen molar-refractivity contribution in [1.29, 1.82) is 0 Å². The molecule has 2 aromatic heterocycles. The minimum atomic E-state index is -0.587. The summed E-state index contributed by atoms with van der Waals surface area (Å²) in [4.78, 5) is 31.1. The normalized spacial score (nSPS) is 11.1. The highest BCUT2D eigenvalue weighted by Crippen LogP contribution is 2.21. The molecule has 0 aliphatic carbocycles. The third-order valence-electron chi connectivity index (χ3n) is 3.40. The molecule has 2 heterocycles. The number of thiophene rings is 1. The fourth-order valence-electron chi connectivity index (χ4n) is 2.27. The Labute approximate surface area is 159 Å². The van der Waals surface area contributed by atoms with Crippen molar-refractivity contribution in [2.75, 3.05) is 0 Å². The molecule has 0 fully saturated rings. The van der Waals surface area contributed by atoms with Gasteiger partial charge in [0, 0.05) is 0 Å². The van der Waals surface area contributed by atoms with Crippen molar-refractivity contribution in [3.05, 3.63) is 69.6 Å². The average Bonchev–Trinajstić information content (AvgIpc) is 3.17. The molecule has 0 aliphatic rings. The van der Waals surface area contributed by atoms with Crippen LogP contribution in [-0.4, -0.2) is 28.2 Å². The summed E-state index contributed by atoms with van der Waals surface area (Å²) in [6.07, 6.45) is 1.61. The molecular formula is C19H18N4O3S. The molecule has 0 radical (unpaired) electrons. The van der Waals surface area contributed by atoms with Gasteiger partial charge in [-0.05, 0) is 61.2 Å². The van der Waals surface area contributed by atoms with Crippen molar-refractivity contribution in [3.8, 4) is 16.3 Å². The van der Waals surface area contributed by atoms with Gasteiger partial charge in [0.2, 0.25) is 0 Å². The van der Waals surface area contributed by atoms with Crippen LogP contribution in [0.3, 0.4) is 0 Å². The van der Waals surface area contributed by atoms with E-state index in [-0.39, 0.29) is 11.8 Å². The number of aromatic amines is 1. The number of benzene rings is 1. The fourth-order valence-corrected chi connectivity index (χ4v) is 2.96. The van der Waals surface area contributed by atoms with E-state index in [1.165, 1.54) is 23.6 Å². The van der Waals surface area contributed by atoms with E-state index in [0.717, 1.165) is 16.2 Å². The van der Waals surface area contributed by atoms with Crippen molar-refractivity contribution in [2.24, 2.45) is 5.10 Å². The number of amides is 1. The van der Waals surface area contributed by atoms with Gasteiger partial charge in [-0.25, -0.2) is 10.2 Å². The summed E-state index contributed by atoms with van der Waals surface area (Å²) in [5.74, 6) is 0.204. The lowest BCUT2D eigenvalue weighted by Gasteiger charge is -2.09. The largest absolute Gasteiger partial charge is 0.491 e. The summed E-state index contributed by atoms with van der Waals surface area (Å²) in [5.41, 5.74) is 3.13. The van der Waals surface area contributed by atoms with E-state index in [2.05, 4.69) is 20.5 Å². The lowest BCUT2D eigenvalue weighted by Crippen LogP contribution is -2.24. The number of hydrazone groups is 1. The third-order valence-corrected chi connectivity index (χ3v) is 4.30. The van der Waals surface area contributed by atoms with Crippen LogP contribution >= 0.6 is 11.3 Å². The highest BCUT2D eigenvalue weighted by Gasteiger charge is 2.11. The summed E-state index contributed by atoms with van der Waals surface area (Å²) in [5, 5.41) is 5.80. The molecule has 2 N–H and O–H groups in total. The summed E-state index contributed by atoms with van der Waals surface area (Å²) >= 11 is 1.46. The number of rotatable bonds is 6. The summed E-state index contributed by atoms with van der Waals surface area (Å²) in [7, 11) is 0. The average molecular weight is 382 g/mol. The van der Waals surface area contributed by atoms with Crippen LogP contribution in [0.1, 0.15) is 29.9 Å². The number of H-pyrrole nitrogens is 1. The van der Waals surface area contributed by atoms with E-state index in [1.54, 1.807) is 0 Å². The first-order valence-corrected chi connectivity index (χ1v) is 9.14. The Kier molecular flexibility index (Phi) is 5.77. The van der Waals surface area contributed by atoms with Crippen LogP contribution in [-0.2, 0) is 0 Å². The van der Waals surface area contributed by atoms with E-state index in [0.29, 0.717) is 5.69 Å². The number of aromatic nitrogens is 2. The molecule has 0 spiro atoms. The maximum atomic E-state index is 12.2. The van der Waals surface area contributed by atoms with E-state index in [4.69, 9.17) is 4.74 Å². The molecule has 8 heteroatoms. The highest BCUT2D eigenvalue weighted by molar-refractivity contribution is 7.13. The van der Waals surface area contributed by atoms with Crippen LogP contribution in [0.4, 0.5) is 0 Å². The quantitative estimate of drug-likeness (QED) is 0.506. The maximum absolute atomic E-state index is 12.2. The lowest BCUT2D eigenvalue weighted by atomic mass is 10.2. The zero-order chi connectivity index (χ0) is 19.2. The summed E-state index contributed by atoms with van der Waals surface area (Å²) in [6.45, 7) is 3.91. The molecular weight excluding hydrogens is 364 g/mol. The van der Waals surface area contributed by atoms with Gasteiger partial charge >= 0.3 is 5.69 Å². The standard InChI is InChI=1S/C19H18N4O3S/c1-12(2)26-14-7-5-13(6-8-14)11-20-23-18(24)16-10-15(21-19(25)22-16)17-4-3-9-27-17/h3-12H,1-2H3,(H,23,24)(H,21,22,25)/b20-11+. The molecule has 0 saturated heterocycles. The van der Waals surface area contributed by atoms with Gasteiger partial charge in [-0.15, -0.1) is 11.3 Å². The number of ether oxygens (including phenoxy) is 1. The van der Waals surface area contributed by atoms with Crippen LogP contribution in [0.25, 0.3) is 10.6 Å². The van der Waals surface area contributed by atoms with Gasteiger partial charge in [-0.3, -0.25) is 4.79 Å². The molecule has 0 bridgehead atoms. The Balaban J connectivity index is 1.67. The Morgan fingerprint density at radius 3 is 2.74 bits per heavy atom. The van der Waals surface area contributed by atoms with Gasteiger partial charge in [0.1, 0.15) is 11.4 Å². The fraction of sp³-hybridized carbons (Fsp3) is 0.158. The van der Waals surface area contributed by atoms with Gasteiger partial charge < -0.3 is 9.72 Å². The first kappa shape index (κ1) is 18.5. The van der Waals surface area contributed by atoms with Gasteiger partial charge in [0.25, 0.3) is 5.91 Å². The van der Waals surface area contributed by atoms with Crippen LogP contribution in [0, 0.1) is 0 Å². The number of carbonyl (C=O) groups is 1. The zero-order valence-electron chi connectivity index (χ0n) is 14.8. The van der Waals surface area contributed by atoms with Crippen LogP contribution < -0.4 is 15.9 Å². The monoisotopic (exact) mass is 382 g/mol. The smallest absolute Gasteiger partial charge is 0.346 e. The molecule has 138 valence electrons. The van der Waals surface area contributed by atoms with Crippen molar-refractivity contribution in [3.63, 3.8) is 0 Å². The second-order valence-corrected chi connectivity index (χ2v) is 6.84. The van der Waals surface area contributed by atoms with Gasteiger partial charge in [-0.1, -0.05) is 6.07 Å². The second-order valence-electron chi connectivity index (χ2n) is 5.90. The number of hydrogen-bond donors (Lipinski definition) is 2. The van der Waals surface area contributed by atoms with Crippen molar-refractivity contribution < 1.29 is 9.53 Å². The van der Waals surface area contributed by atoms with Crippen molar-refractivity contribution >= 4 is 23.5 Å². The Morgan fingerprint density at radius 1 is 1.30 bits per heavy atom. The molecule has 0 unspecified atom stereocenters. The molecule has 3 aromatic rings. The predicted octanol–water partition coefficient (Wildman–Crippen LogP) is 3.05. The first-order valence-electron chi connectivity index (χ1n) is 8.26. The first-order chi connectivity index (χ1) is 13.0. The SMILES string of the molecule is CC(C)Oc1ccc(/C=N/NC(=O)c2cc(-c3cccs3)[nH]c(=O)n2)cc1. The van der Waals surface area contributed by atoms with E-state index >= 15 is 0 Å². The zero-order valence-corrected chi connectivity index (χ0v) is 15.6. The Bertz CT molecular complexity index is 993. The molecule has 1 amide bonds. The van der Waals surface area contributed by atoms with Gasteiger partial charge in [0.05, 0.1) is 22.9 Å². The number of nitrogens with zero attached hydrogens (tertiary/aromatic N) is 2. The minimum Gasteiger partial charge on any atom is -0.491 e. The van der Waals surface area contributed by atoms with Crippen LogP contribution in [0.15, 0.2) is 57.7 Å². The number of nitrogens with one attached hydrogen (secondary N) is 2. The van der Waals surface area contributed by atoms with Gasteiger partial charge in [-0.2, -0.15) is 10.1 Å². The van der Waals surface area contributed by atoms with E-state index < -0.39 is 11.6 Å². The summed E-state index contributed by atoms with van der Waals surface area (Å²) in [6, 6.07) is 12.5. The topological polar surface area (TPSA) is 96.4 Å². The Hall–Kier alpha value is -3.26. The molecule has 0 aliphatic heterocycles. The molecule has 7 nitrogen and oxygen atoms in total. The number of carbonyl (C=O) groups excluding carboxylic acids is 1. The molecule has 3 rings (SSSR count). The molecule has 0 saturated carbocycles. The lowest BCUT2D eigenvalue weighted by molar-refractivity contribution is 0.0949. The second kappa shape index (κ2) is 8.41. The van der Waals surface area contributed by atoms with E-state index in [9.17, 15) is 9.59 Å². The molecule has 27 heavy (non-hydrogen) atoms. The van der Waals surface area contributed by atoms with Crippen LogP contribution in [0.2, 0.25) is 0 Å². The van der Waals surface area contributed by atoms with Crippen molar-refractivity contribution in [2.45, 2.75) is 20.0 Å². The molecule has 1 aromatic carbocycles. The Morgan fingerprint density at radius 2 is 2.07 bits per heavy atom. The number of hydrogen-bond acceptors (Lipinski definition) is 6. The van der Waals surface area contributed by atoms with Gasteiger partial charge in [0.15, 0.2) is 0 Å². The minimum absolute atomic E-state index is 0.0000173. The van der Waals surface area contributed by atoms with Crippen molar-refractivity contribution in [1.82, 2.24) is 15.4 Å². The predicted molar refractivity (Wildman–Crippen MR) is 105 cm³/mol. The van der Waals surface area contributed by atoms with Crippen LogP contribution in [0.5, 0.6) is 5.75 Å². The third kappa shape index (κ3) is 5.11. The highest BCUT2D eigenvalue weighted by atomic mass is 32.1.